The minimum Gasteiger partial charge on any atom is -0.386 e. The van der Waals surface area contributed by atoms with E-state index in [2.05, 4.69) is 37.9 Å². The number of aromatic nitrogens is 5. The predicted molar refractivity (Wildman–Crippen MR) is 193 cm³/mol. The number of amides is 1. The number of aliphatic hydroxyl groups is 1. The van der Waals surface area contributed by atoms with Gasteiger partial charge < -0.3 is 20.5 Å². The second kappa shape index (κ2) is 12.5. The molecule has 2 aromatic carbocycles. The van der Waals surface area contributed by atoms with Gasteiger partial charge in [-0.15, -0.1) is 0 Å². The summed E-state index contributed by atoms with van der Waals surface area (Å²) in [6.45, 7) is 6.37. The number of rotatable bonds is 7. The minimum absolute atomic E-state index is 0.0739. The van der Waals surface area contributed by atoms with Crippen molar-refractivity contribution in [3.8, 4) is 22.5 Å². The molecule has 0 aliphatic carbocycles. The Morgan fingerprint density at radius 3 is 2.41 bits per heavy atom. The number of nitrogens with zero attached hydrogens (tertiary/aromatic N) is 7. The number of ether oxygens (including phenoxy) is 1. The van der Waals surface area contributed by atoms with Crippen LogP contribution in [0.2, 0.25) is 0 Å². The van der Waals surface area contributed by atoms with Crippen LogP contribution in [-0.4, -0.2) is 105 Å². The van der Waals surface area contributed by atoms with Gasteiger partial charge in [-0.1, -0.05) is 30.3 Å². The Balaban J connectivity index is 1.16. The molecule has 3 fully saturated rings. The molecule has 0 saturated carbocycles. The highest BCUT2D eigenvalue weighted by Crippen LogP contribution is 2.42. The molecule has 5 aromatic rings. The van der Waals surface area contributed by atoms with Gasteiger partial charge in [-0.2, -0.15) is 10.2 Å². The number of benzene rings is 2. The third kappa shape index (κ3) is 5.99. The van der Waals surface area contributed by atoms with Crippen LogP contribution in [0.5, 0.6) is 0 Å². The minimum atomic E-state index is -3.13. The number of fused-ring (bicyclic) bond motifs is 1. The van der Waals surface area contributed by atoms with E-state index in [1.165, 1.54) is 6.33 Å². The van der Waals surface area contributed by atoms with Crippen molar-refractivity contribution in [3.05, 3.63) is 89.9 Å². The van der Waals surface area contributed by atoms with E-state index < -0.39 is 21.0 Å². The van der Waals surface area contributed by atoms with Crippen LogP contribution in [0.4, 0.5) is 5.82 Å². The number of carbonyl (C=O) groups excluding carboxylic acids is 1. The van der Waals surface area contributed by atoms with E-state index in [1.54, 1.807) is 38.1 Å². The Bertz CT molecular complexity index is 2200. The lowest BCUT2D eigenvalue weighted by Crippen LogP contribution is -2.70. The van der Waals surface area contributed by atoms with Crippen LogP contribution in [0.1, 0.15) is 54.2 Å². The molecule has 3 aliphatic rings. The van der Waals surface area contributed by atoms with Crippen molar-refractivity contribution < 1.29 is 23.1 Å². The number of hydrogen-bond acceptors (Lipinski definition) is 10. The van der Waals surface area contributed by atoms with Gasteiger partial charge >= 0.3 is 0 Å². The molecule has 0 radical (unpaired) electrons. The molecule has 0 bridgehead atoms. The molecule has 1 amide bonds. The number of carbonyl (C=O) groups is 1. The van der Waals surface area contributed by atoms with Gasteiger partial charge in [0.15, 0.2) is 15.7 Å². The number of nitrogen functional groups attached to an aromatic ring is 1. The SMILES string of the molecule is CC(C)(O)c1ccc(C(=O)N2CC(c3cccc(-c4cc(-c5ccnn5C5CCOCC5)c5c(N)ncnn45)c3)(N3CCS(=O)(=O)CC3)C2)cc1. The van der Waals surface area contributed by atoms with Crippen LogP contribution >= 0.6 is 0 Å². The zero-order valence-corrected chi connectivity index (χ0v) is 29.6. The fourth-order valence-electron chi connectivity index (χ4n) is 7.82. The first-order valence-electron chi connectivity index (χ1n) is 17.4. The monoisotopic (exact) mass is 710 g/mol. The molecule has 3 aromatic heterocycles. The second-order valence-electron chi connectivity index (χ2n) is 14.4. The maximum Gasteiger partial charge on any atom is 0.254 e. The van der Waals surface area contributed by atoms with Gasteiger partial charge in [0.05, 0.1) is 40.1 Å². The lowest BCUT2D eigenvalue weighted by atomic mass is 9.79. The van der Waals surface area contributed by atoms with Crippen molar-refractivity contribution in [2.24, 2.45) is 0 Å². The number of sulfone groups is 1. The summed E-state index contributed by atoms with van der Waals surface area (Å²) in [6.07, 6.45) is 5.00. The normalized spacial score (nSPS) is 19.6. The van der Waals surface area contributed by atoms with E-state index in [9.17, 15) is 18.3 Å². The Hall–Kier alpha value is -4.63. The summed E-state index contributed by atoms with van der Waals surface area (Å²) in [5.74, 6) is 0.399. The van der Waals surface area contributed by atoms with Gasteiger partial charge in [-0.05, 0) is 68.1 Å². The highest BCUT2D eigenvalue weighted by atomic mass is 32.2. The van der Waals surface area contributed by atoms with Crippen molar-refractivity contribution >= 4 is 27.1 Å². The van der Waals surface area contributed by atoms with Gasteiger partial charge in [0.25, 0.3) is 5.91 Å². The van der Waals surface area contributed by atoms with Crippen LogP contribution < -0.4 is 5.73 Å². The molecule has 3 saturated heterocycles. The van der Waals surface area contributed by atoms with Crippen LogP contribution in [0.15, 0.2) is 73.2 Å². The Kier molecular flexibility index (Phi) is 8.24. The van der Waals surface area contributed by atoms with Crippen LogP contribution in [0.25, 0.3) is 28.0 Å². The van der Waals surface area contributed by atoms with Gasteiger partial charge in [-0.3, -0.25) is 14.4 Å². The van der Waals surface area contributed by atoms with E-state index in [0.717, 1.165) is 46.5 Å². The van der Waals surface area contributed by atoms with Crippen LogP contribution in [0, 0.1) is 0 Å². The molecule has 6 heterocycles. The molecule has 13 nitrogen and oxygen atoms in total. The zero-order chi connectivity index (χ0) is 35.5. The van der Waals surface area contributed by atoms with E-state index in [0.29, 0.717) is 56.3 Å². The van der Waals surface area contributed by atoms with E-state index in [1.807, 2.05) is 33.8 Å². The zero-order valence-electron chi connectivity index (χ0n) is 28.8. The smallest absolute Gasteiger partial charge is 0.254 e. The molecule has 3 N–H and O–H groups in total. The standard InChI is InChI=1S/C37H42N8O5S/c1-36(2,47)27-8-6-25(7-9-27)35(46)42-22-37(23-42,43-14-18-51(48,49)19-15-43)28-5-3-4-26(20-28)32-21-30(33-34(38)39-24-41-45(32)33)31-10-13-40-44(31)29-11-16-50-17-12-29/h3-10,13,20-21,24,29,47H,11-12,14-19,22-23H2,1-2H3,(H2,38,39,41). The van der Waals surface area contributed by atoms with Crippen molar-refractivity contribution in [1.82, 2.24) is 34.2 Å². The molecule has 8 rings (SSSR count). The van der Waals surface area contributed by atoms with Crippen LogP contribution in [-0.2, 0) is 25.7 Å². The summed E-state index contributed by atoms with van der Waals surface area (Å²) in [7, 11) is -3.13. The number of likely N-dealkylation sites (tertiary alicyclic amines) is 1. The van der Waals surface area contributed by atoms with Gasteiger partial charge in [0.2, 0.25) is 0 Å². The lowest BCUT2D eigenvalue weighted by Gasteiger charge is -2.57. The second-order valence-corrected chi connectivity index (χ2v) is 16.7. The highest BCUT2D eigenvalue weighted by molar-refractivity contribution is 7.91. The lowest BCUT2D eigenvalue weighted by molar-refractivity contribution is -0.0418. The third-order valence-corrected chi connectivity index (χ3v) is 12.4. The summed E-state index contributed by atoms with van der Waals surface area (Å²) < 4.78 is 34.5. The molecular weight excluding hydrogens is 669 g/mol. The molecule has 14 heteroatoms. The van der Waals surface area contributed by atoms with E-state index in [-0.39, 0.29) is 23.5 Å². The topological polar surface area (TPSA) is 161 Å². The Morgan fingerprint density at radius 1 is 0.980 bits per heavy atom. The number of anilines is 1. The maximum absolute atomic E-state index is 13.7. The summed E-state index contributed by atoms with van der Waals surface area (Å²) in [5.41, 5.74) is 11.4. The van der Waals surface area contributed by atoms with Gasteiger partial charge in [0, 0.05) is 62.3 Å². The predicted octanol–water partition coefficient (Wildman–Crippen LogP) is 3.50. The third-order valence-electron chi connectivity index (χ3n) is 10.7. The largest absolute Gasteiger partial charge is 0.386 e. The van der Waals surface area contributed by atoms with E-state index >= 15 is 0 Å². The van der Waals surface area contributed by atoms with Crippen molar-refractivity contribution in [1.29, 1.82) is 0 Å². The number of nitrogens with two attached hydrogens (primary N) is 1. The first-order valence-corrected chi connectivity index (χ1v) is 19.2. The van der Waals surface area contributed by atoms with Crippen molar-refractivity contribution in [2.45, 2.75) is 43.9 Å². The fraction of sp³-hybridized carbons (Fsp3) is 0.405. The molecule has 266 valence electrons. The molecule has 51 heavy (non-hydrogen) atoms. The van der Waals surface area contributed by atoms with Gasteiger partial charge in [0.1, 0.15) is 11.8 Å². The molecule has 3 aliphatic heterocycles. The quantitative estimate of drug-likeness (QED) is 0.256. The molecule has 0 spiro atoms. The molecular formula is C37H42N8O5S. The Labute approximate surface area is 296 Å². The first kappa shape index (κ1) is 33.5. The average Bonchev–Trinajstić information content (AvgIpc) is 3.75. The summed E-state index contributed by atoms with van der Waals surface area (Å²) >= 11 is 0. The Morgan fingerprint density at radius 2 is 1.71 bits per heavy atom. The summed E-state index contributed by atoms with van der Waals surface area (Å²) in [6, 6.07) is 19.6. The van der Waals surface area contributed by atoms with Crippen molar-refractivity contribution in [2.75, 3.05) is 56.6 Å². The van der Waals surface area contributed by atoms with Crippen LogP contribution in [0.3, 0.4) is 0 Å². The summed E-state index contributed by atoms with van der Waals surface area (Å²) in [4.78, 5) is 22.1. The average molecular weight is 711 g/mol. The fourth-order valence-corrected chi connectivity index (χ4v) is 9.02. The van der Waals surface area contributed by atoms with E-state index in [4.69, 9.17) is 15.6 Å². The summed E-state index contributed by atoms with van der Waals surface area (Å²) in [5, 5.41) is 19.7. The van der Waals surface area contributed by atoms with Crippen molar-refractivity contribution in [3.63, 3.8) is 0 Å². The molecule has 0 atom stereocenters. The highest BCUT2D eigenvalue weighted by Gasteiger charge is 2.52. The first-order chi connectivity index (χ1) is 24.4. The molecule has 0 unspecified atom stereocenters. The number of hydrogen-bond donors (Lipinski definition) is 2. The maximum atomic E-state index is 13.7. The van der Waals surface area contributed by atoms with Gasteiger partial charge in [-0.25, -0.2) is 17.9 Å².